The molecule has 8 nitrogen and oxygen atoms in total. The van der Waals surface area contributed by atoms with Crippen molar-refractivity contribution in [1.82, 2.24) is 24.6 Å². The van der Waals surface area contributed by atoms with Gasteiger partial charge < -0.3 is 14.8 Å². The largest absolute Gasteiger partial charge is 0.336 e. The molecular formula is C21H28N6O2S. The van der Waals surface area contributed by atoms with E-state index in [1.165, 1.54) is 37.4 Å². The Balaban J connectivity index is 1.29. The molecule has 1 aliphatic carbocycles. The van der Waals surface area contributed by atoms with Crippen LogP contribution in [0.15, 0.2) is 35.7 Å². The zero-order chi connectivity index (χ0) is 20.9. The number of anilines is 1. The summed E-state index contributed by atoms with van der Waals surface area (Å²) in [4.78, 5) is 29.7. The number of benzene rings is 1. The van der Waals surface area contributed by atoms with Gasteiger partial charge in [-0.2, -0.15) is 0 Å². The molecule has 0 bridgehead atoms. The number of carbonyl (C=O) groups excluding carboxylic acids is 2. The molecule has 160 valence electrons. The van der Waals surface area contributed by atoms with E-state index in [4.69, 9.17) is 0 Å². The number of hydrogen-bond acceptors (Lipinski definition) is 6. The molecule has 0 unspecified atom stereocenters. The van der Waals surface area contributed by atoms with Crippen LogP contribution in [0.1, 0.15) is 36.0 Å². The lowest BCUT2D eigenvalue weighted by Gasteiger charge is -2.38. The molecule has 0 spiro atoms. The number of amides is 2. The van der Waals surface area contributed by atoms with Crippen LogP contribution in [-0.4, -0.2) is 74.4 Å². The Bertz CT molecular complexity index is 887. The van der Waals surface area contributed by atoms with Crippen molar-refractivity contribution in [1.29, 1.82) is 0 Å². The summed E-state index contributed by atoms with van der Waals surface area (Å²) in [7, 11) is 1.84. The second-order valence-electron chi connectivity index (χ2n) is 7.91. The topological polar surface area (TPSA) is 83.4 Å². The average molecular weight is 429 g/mol. The van der Waals surface area contributed by atoms with Gasteiger partial charge in [-0.05, 0) is 31.0 Å². The molecule has 1 saturated carbocycles. The highest BCUT2D eigenvalue weighted by molar-refractivity contribution is 7.99. The third-order valence-corrected chi connectivity index (χ3v) is 6.87. The number of hydrogen-bond donors (Lipinski definition) is 1. The van der Waals surface area contributed by atoms with Crippen molar-refractivity contribution < 1.29 is 9.59 Å². The van der Waals surface area contributed by atoms with E-state index in [0.29, 0.717) is 22.4 Å². The summed E-state index contributed by atoms with van der Waals surface area (Å²) in [5.74, 6) is 0.122. The van der Waals surface area contributed by atoms with Gasteiger partial charge in [0.25, 0.3) is 5.91 Å². The van der Waals surface area contributed by atoms with Crippen molar-refractivity contribution in [3.63, 3.8) is 0 Å². The second-order valence-corrected chi connectivity index (χ2v) is 8.85. The highest BCUT2D eigenvalue weighted by Gasteiger charge is 2.28. The van der Waals surface area contributed by atoms with Gasteiger partial charge in [-0.15, -0.1) is 10.2 Å². The first kappa shape index (κ1) is 20.9. The first-order valence-corrected chi connectivity index (χ1v) is 11.5. The van der Waals surface area contributed by atoms with Gasteiger partial charge in [-0.25, -0.2) is 0 Å². The first-order valence-electron chi connectivity index (χ1n) is 10.5. The van der Waals surface area contributed by atoms with Crippen LogP contribution in [0.25, 0.3) is 0 Å². The minimum Gasteiger partial charge on any atom is -0.336 e. The molecule has 2 fully saturated rings. The number of nitrogens with one attached hydrogen (secondary N) is 1. The average Bonchev–Trinajstić information content (AvgIpc) is 3.44. The van der Waals surface area contributed by atoms with E-state index in [-0.39, 0.29) is 17.6 Å². The minimum absolute atomic E-state index is 0.0330. The molecule has 1 aromatic heterocycles. The number of aryl methyl sites for hydroxylation is 1. The van der Waals surface area contributed by atoms with E-state index >= 15 is 0 Å². The summed E-state index contributed by atoms with van der Waals surface area (Å²) in [6.07, 6.45) is 6.86. The van der Waals surface area contributed by atoms with Crippen LogP contribution < -0.4 is 5.32 Å². The van der Waals surface area contributed by atoms with E-state index in [1.54, 1.807) is 23.0 Å². The predicted molar refractivity (Wildman–Crippen MR) is 117 cm³/mol. The summed E-state index contributed by atoms with van der Waals surface area (Å²) in [5.41, 5.74) is 1.25. The summed E-state index contributed by atoms with van der Waals surface area (Å²) in [5, 5.41) is 11.3. The van der Waals surface area contributed by atoms with Crippen LogP contribution in [0.3, 0.4) is 0 Å². The summed E-state index contributed by atoms with van der Waals surface area (Å²) >= 11 is 1.32. The first-order chi connectivity index (χ1) is 14.6. The third-order valence-electron chi connectivity index (χ3n) is 5.84. The van der Waals surface area contributed by atoms with Crippen molar-refractivity contribution in [2.75, 3.05) is 37.2 Å². The third kappa shape index (κ3) is 5.02. The van der Waals surface area contributed by atoms with Gasteiger partial charge in [0.1, 0.15) is 6.33 Å². The quantitative estimate of drug-likeness (QED) is 0.711. The Hall–Kier alpha value is -2.39. The summed E-state index contributed by atoms with van der Waals surface area (Å²) in [6, 6.07) is 7.90. The number of carbonyl (C=O) groups is 2. The standard InChI is InChI=1S/C21H28N6O2S/c1-25-15-22-24-21(25)30-14-19(28)23-17-6-4-5-16(13-17)20(29)27-11-9-26(10-12-27)18-7-2-3-8-18/h4-6,13,15,18H,2-3,7-12,14H2,1H3,(H,23,28). The number of nitrogens with zero attached hydrogens (tertiary/aromatic N) is 5. The molecule has 1 aromatic carbocycles. The van der Waals surface area contributed by atoms with Crippen LogP contribution in [0, 0.1) is 0 Å². The maximum absolute atomic E-state index is 13.0. The summed E-state index contributed by atoms with van der Waals surface area (Å²) in [6.45, 7) is 3.43. The van der Waals surface area contributed by atoms with Crippen LogP contribution in [0.4, 0.5) is 5.69 Å². The Kier molecular flexibility index (Phi) is 6.69. The predicted octanol–water partition coefficient (Wildman–Crippen LogP) is 2.25. The van der Waals surface area contributed by atoms with Gasteiger partial charge in [-0.1, -0.05) is 30.7 Å². The van der Waals surface area contributed by atoms with Crippen molar-refractivity contribution in [2.45, 2.75) is 36.9 Å². The Morgan fingerprint density at radius 1 is 1.17 bits per heavy atom. The number of aromatic nitrogens is 3. The Morgan fingerprint density at radius 3 is 2.63 bits per heavy atom. The van der Waals surface area contributed by atoms with Gasteiger partial charge in [0.15, 0.2) is 5.16 Å². The highest BCUT2D eigenvalue weighted by Crippen LogP contribution is 2.25. The van der Waals surface area contributed by atoms with Gasteiger partial charge in [0, 0.05) is 50.5 Å². The highest BCUT2D eigenvalue weighted by atomic mass is 32.2. The van der Waals surface area contributed by atoms with Gasteiger partial charge in [-0.3, -0.25) is 14.5 Å². The van der Waals surface area contributed by atoms with E-state index in [1.807, 2.05) is 24.1 Å². The van der Waals surface area contributed by atoms with E-state index in [9.17, 15) is 9.59 Å². The molecule has 2 amide bonds. The lowest BCUT2D eigenvalue weighted by atomic mass is 10.1. The van der Waals surface area contributed by atoms with Crippen LogP contribution >= 0.6 is 11.8 Å². The molecule has 0 radical (unpaired) electrons. The van der Waals surface area contributed by atoms with Gasteiger partial charge in [0.05, 0.1) is 5.75 Å². The smallest absolute Gasteiger partial charge is 0.254 e. The summed E-state index contributed by atoms with van der Waals surface area (Å²) < 4.78 is 1.77. The fourth-order valence-electron chi connectivity index (χ4n) is 4.20. The number of thioether (sulfide) groups is 1. The molecule has 9 heteroatoms. The Labute approximate surface area is 181 Å². The minimum atomic E-state index is -0.141. The van der Waals surface area contributed by atoms with Gasteiger partial charge >= 0.3 is 0 Å². The van der Waals surface area contributed by atoms with Crippen molar-refractivity contribution in [3.05, 3.63) is 36.2 Å². The monoisotopic (exact) mass is 428 g/mol. The lowest BCUT2D eigenvalue weighted by Crippen LogP contribution is -2.51. The fourth-order valence-corrected chi connectivity index (χ4v) is 4.89. The second kappa shape index (κ2) is 9.61. The molecular weight excluding hydrogens is 400 g/mol. The van der Waals surface area contributed by atoms with Gasteiger partial charge in [0.2, 0.25) is 5.91 Å². The SMILES string of the molecule is Cn1cnnc1SCC(=O)Nc1cccc(C(=O)N2CCN(C3CCCC3)CC2)c1. The lowest BCUT2D eigenvalue weighted by molar-refractivity contribution is -0.113. The molecule has 1 aliphatic heterocycles. The molecule has 2 heterocycles. The van der Waals surface area contributed by atoms with Crippen LogP contribution in [-0.2, 0) is 11.8 Å². The number of piperazine rings is 1. The fraction of sp³-hybridized carbons (Fsp3) is 0.524. The molecule has 2 aromatic rings. The van der Waals surface area contributed by atoms with Crippen LogP contribution in [0.5, 0.6) is 0 Å². The van der Waals surface area contributed by atoms with Crippen LogP contribution in [0.2, 0.25) is 0 Å². The maximum Gasteiger partial charge on any atom is 0.254 e. The molecule has 2 aliphatic rings. The Morgan fingerprint density at radius 2 is 1.93 bits per heavy atom. The normalized spacial score (nSPS) is 18.0. The maximum atomic E-state index is 13.0. The van der Waals surface area contributed by atoms with Crippen molar-refractivity contribution >= 4 is 29.3 Å². The molecule has 30 heavy (non-hydrogen) atoms. The molecule has 1 saturated heterocycles. The van der Waals surface area contributed by atoms with E-state index in [2.05, 4.69) is 20.4 Å². The van der Waals surface area contributed by atoms with E-state index < -0.39 is 0 Å². The number of rotatable bonds is 6. The zero-order valence-electron chi connectivity index (χ0n) is 17.3. The van der Waals surface area contributed by atoms with Crippen molar-refractivity contribution in [2.24, 2.45) is 7.05 Å². The molecule has 0 atom stereocenters. The molecule has 1 N–H and O–H groups in total. The zero-order valence-corrected chi connectivity index (χ0v) is 18.1. The molecule has 4 rings (SSSR count). The van der Waals surface area contributed by atoms with E-state index in [0.717, 1.165) is 26.2 Å². The van der Waals surface area contributed by atoms with Crippen molar-refractivity contribution in [3.8, 4) is 0 Å².